The van der Waals surface area contributed by atoms with Gasteiger partial charge in [-0.25, -0.2) is 0 Å². The minimum Gasteiger partial charge on any atom is -0.493 e. The van der Waals surface area contributed by atoms with Gasteiger partial charge in [0, 0.05) is 17.8 Å². The summed E-state index contributed by atoms with van der Waals surface area (Å²) < 4.78 is 21.1. The van der Waals surface area contributed by atoms with Crippen LogP contribution in [0.4, 0.5) is 5.69 Å². The Morgan fingerprint density at radius 2 is 1.74 bits per heavy atom. The molecule has 0 unspecified atom stereocenters. The lowest BCUT2D eigenvalue weighted by molar-refractivity contribution is 0.324. The first-order valence-electron chi connectivity index (χ1n) is 5.84. The summed E-state index contributed by atoms with van der Waals surface area (Å²) in [5.41, 5.74) is 0.867. The molecule has 0 aliphatic heterocycles. The van der Waals surface area contributed by atoms with E-state index in [0.29, 0.717) is 23.8 Å². The van der Waals surface area contributed by atoms with Crippen molar-refractivity contribution >= 4 is 5.69 Å². The summed E-state index contributed by atoms with van der Waals surface area (Å²) >= 11 is 0. The molecule has 0 fully saturated rings. The summed E-state index contributed by atoms with van der Waals surface area (Å²) in [5, 5.41) is 3.24. The highest BCUT2D eigenvalue weighted by atomic mass is 16.5. The van der Waals surface area contributed by atoms with E-state index in [2.05, 4.69) is 5.32 Å². The van der Waals surface area contributed by atoms with Gasteiger partial charge in [0.05, 0.1) is 34.1 Å². The summed E-state index contributed by atoms with van der Waals surface area (Å²) in [6.45, 7) is 0.589. The molecule has 5 heteroatoms. The minimum atomic E-state index is 0.577. The minimum absolute atomic E-state index is 0.577. The zero-order valence-electron chi connectivity index (χ0n) is 11.2. The van der Waals surface area contributed by atoms with Gasteiger partial charge in [-0.1, -0.05) is 0 Å². The molecular weight excluding hydrogens is 246 g/mol. The zero-order chi connectivity index (χ0) is 13.7. The van der Waals surface area contributed by atoms with E-state index in [1.165, 1.54) is 0 Å². The Bertz CT molecular complexity index is 497. The monoisotopic (exact) mass is 263 g/mol. The van der Waals surface area contributed by atoms with Crippen molar-refractivity contribution in [2.24, 2.45) is 0 Å². The van der Waals surface area contributed by atoms with Crippen molar-refractivity contribution in [3.8, 4) is 17.2 Å². The normalized spacial score (nSPS) is 10.1. The molecule has 5 nitrogen and oxygen atoms in total. The maximum Gasteiger partial charge on any atom is 0.203 e. The van der Waals surface area contributed by atoms with Crippen LogP contribution in [0.5, 0.6) is 17.2 Å². The number of hydrogen-bond donors (Lipinski definition) is 1. The average Bonchev–Trinajstić information content (AvgIpc) is 2.97. The van der Waals surface area contributed by atoms with Gasteiger partial charge < -0.3 is 23.9 Å². The number of methoxy groups -OCH3 is 3. The molecule has 0 aliphatic carbocycles. The predicted octanol–water partition coefficient (Wildman–Crippen LogP) is 2.92. The molecule has 2 rings (SSSR count). The molecule has 2 aromatic rings. The van der Waals surface area contributed by atoms with E-state index in [1.54, 1.807) is 27.6 Å². The van der Waals surface area contributed by atoms with Crippen LogP contribution >= 0.6 is 0 Å². The van der Waals surface area contributed by atoms with Crippen molar-refractivity contribution in [3.05, 3.63) is 36.3 Å². The van der Waals surface area contributed by atoms with Crippen molar-refractivity contribution in [1.82, 2.24) is 0 Å². The average molecular weight is 263 g/mol. The highest BCUT2D eigenvalue weighted by Crippen LogP contribution is 2.39. The number of nitrogens with one attached hydrogen (secondary N) is 1. The molecule has 1 heterocycles. The summed E-state index contributed by atoms with van der Waals surface area (Å²) in [5.74, 6) is 2.66. The van der Waals surface area contributed by atoms with Crippen LogP contribution in [0.3, 0.4) is 0 Å². The lowest BCUT2D eigenvalue weighted by atomic mass is 10.2. The van der Waals surface area contributed by atoms with Crippen molar-refractivity contribution in [3.63, 3.8) is 0 Å². The number of hydrogen-bond acceptors (Lipinski definition) is 5. The highest BCUT2D eigenvalue weighted by molar-refractivity contribution is 5.62. The van der Waals surface area contributed by atoms with Crippen LogP contribution in [0.15, 0.2) is 34.9 Å². The van der Waals surface area contributed by atoms with E-state index >= 15 is 0 Å². The molecule has 0 saturated carbocycles. The van der Waals surface area contributed by atoms with Crippen LogP contribution in [0.2, 0.25) is 0 Å². The van der Waals surface area contributed by atoms with E-state index in [-0.39, 0.29) is 0 Å². The van der Waals surface area contributed by atoms with Crippen LogP contribution < -0.4 is 19.5 Å². The van der Waals surface area contributed by atoms with Crippen LogP contribution in [0.1, 0.15) is 5.76 Å². The molecule has 19 heavy (non-hydrogen) atoms. The van der Waals surface area contributed by atoms with Gasteiger partial charge in [-0.15, -0.1) is 0 Å². The second-order valence-corrected chi connectivity index (χ2v) is 3.85. The van der Waals surface area contributed by atoms with Crippen LogP contribution in [0, 0.1) is 0 Å². The Morgan fingerprint density at radius 1 is 1.05 bits per heavy atom. The Morgan fingerprint density at radius 3 is 2.21 bits per heavy atom. The number of rotatable bonds is 6. The van der Waals surface area contributed by atoms with E-state index in [0.717, 1.165) is 11.4 Å². The molecule has 0 aliphatic rings. The molecule has 1 aromatic carbocycles. The maximum atomic E-state index is 5.29. The standard InChI is InChI=1S/C14H17NO4/c1-16-12-7-10(8-13(17-2)14(12)18-3)15-9-11-5-4-6-19-11/h4-8,15H,9H2,1-3H3. The molecule has 0 radical (unpaired) electrons. The van der Waals surface area contributed by atoms with Crippen molar-refractivity contribution < 1.29 is 18.6 Å². The fourth-order valence-electron chi connectivity index (χ4n) is 1.79. The predicted molar refractivity (Wildman–Crippen MR) is 72.1 cm³/mol. The van der Waals surface area contributed by atoms with E-state index < -0.39 is 0 Å². The fraction of sp³-hybridized carbons (Fsp3) is 0.286. The van der Waals surface area contributed by atoms with E-state index in [1.807, 2.05) is 24.3 Å². The molecule has 1 aromatic heterocycles. The third-order valence-electron chi connectivity index (χ3n) is 2.71. The summed E-state index contributed by atoms with van der Waals surface area (Å²) in [6, 6.07) is 7.46. The SMILES string of the molecule is COc1cc(NCc2ccco2)cc(OC)c1OC. The number of ether oxygens (including phenoxy) is 3. The lowest BCUT2D eigenvalue weighted by Gasteiger charge is -2.14. The summed E-state index contributed by atoms with van der Waals surface area (Å²) in [4.78, 5) is 0. The Kier molecular flexibility index (Phi) is 4.18. The lowest BCUT2D eigenvalue weighted by Crippen LogP contribution is -2.01. The molecule has 0 spiro atoms. The van der Waals surface area contributed by atoms with Crippen LogP contribution in [-0.2, 0) is 6.54 Å². The first-order valence-corrected chi connectivity index (χ1v) is 5.84. The molecular formula is C14H17NO4. The largest absolute Gasteiger partial charge is 0.493 e. The Labute approximate surface area is 112 Å². The van der Waals surface area contributed by atoms with Gasteiger partial charge >= 0.3 is 0 Å². The Balaban J connectivity index is 2.20. The van der Waals surface area contributed by atoms with Crippen molar-refractivity contribution in [1.29, 1.82) is 0 Å². The van der Waals surface area contributed by atoms with E-state index in [9.17, 15) is 0 Å². The molecule has 0 atom stereocenters. The second kappa shape index (κ2) is 6.04. The van der Waals surface area contributed by atoms with Gasteiger partial charge in [-0.2, -0.15) is 0 Å². The Hall–Kier alpha value is -2.30. The van der Waals surface area contributed by atoms with Crippen LogP contribution in [0.25, 0.3) is 0 Å². The molecule has 0 saturated heterocycles. The van der Waals surface area contributed by atoms with Gasteiger partial charge in [0.2, 0.25) is 5.75 Å². The van der Waals surface area contributed by atoms with Gasteiger partial charge in [0.1, 0.15) is 5.76 Å². The second-order valence-electron chi connectivity index (χ2n) is 3.85. The molecule has 0 amide bonds. The third-order valence-corrected chi connectivity index (χ3v) is 2.71. The zero-order valence-corrected chi connectivity index (χ0v) is 11.2. The molecule has 0 bridgehead atoms. The quantitative estimate of drug-likeness (QED) is 0.868. The summed E-state index contributed by atoms with van der Waals surface area (Å²) in [6.07, 6.45) is 1.65. The van der Waals surface area contributed by atoms with Gasteiger partial charge in [-0.3, -0.25) is 0 Å². The fourth-order valence-corrected chi connectivity index (χ4v) is 1.79. The first-order chi connectivity index (χ1) is 9.28. The number of furan rings is 1. The van der Waals surface area contributed by atoms with Crippen LogP contribution in [-0.4, -0.2) is 21.3 Å². The smallest absolute Gasteiger partial charge is 0.203 e. The third kappa shape index (κ3) is 2.93. The van der Waals surface area contributed by atoms with E-state index in [4.69, 9.17) is 18.6 Å². The number of benzene rings is 1. The summed E-state index contributed by atoms with van der Waals surface area (Å²) in [7, 11) is 4.76. The topological polar surface area (TPSA) is 52.9 Å². The molecule has 1 N–H and O–H groups in total. The first kappa shape index (κ1) is 13.1. The van der Waals surface area contributed by atoms with Crippen molar-refractivity contribution in [2.45, 2.75) is 6.54 Å². The maximum absolute atomic E-state index is 5.29. The molecule has 102 valence electrons. The van der Waals surface area contributed by atoms with Gasteiger partial charge in [0.25, 0.3) is 0 Å². The number of anilines is 1. The van der Waals surface area contributed by atoms with Crippen molar-refractivity contribution in [2.75, 3.05) is 26.6 Å². The van der Waals surface area contributed by atoms with Gasteiger partial charge in [-0.05, 0) is 12.1 Å². The van der Waals surface area contributed by atoms with Gasteiger partial charge in [0.15, 0.2) is 11.5 Å². The highest BCUT2D eigenvalue weighted by Gasteiger charge is 2.13.